The Balaban J connectivity index is 1.85. The molecule has 0 aliphatic rings. The van der Waals surface area contributed by atoms with Crippen molar-refractivity contribution in [2.24, 2.45) is 0 Å². The van der Waals surface area contributed by atoms with E-state index in [9.17, 15) is 0 Å². The standard InChI is InChI=1S/C14H14BrNS/c15-12-2-1-3-14(10-12)17-9-8-11-4-6-13(16)7-5-11/h1-7,10H,8-9,16H2. The molecule has 2 N–H and O–H groups in total. The van der Waals surface area contributed by atoms with Gasteiger partial charge in [0.15, 0.2) is 0 Å². The molecular formula is C14H14BrNS. The van der Waals surface area contributed by atoms with Crippen LogP contribution in [0, 0.1) is 0 Å². The van der Waals surface area contributed by atoms with Crippen LogP contribution >= 0.6 is 27.7 Å². The van der Waals surface area contributed by atoms with E-state index in [-0.39, 0.29) is 0 Å². The molecule has 2 aromatic carbocycles. The first-order chi connectivity index (χ1) is 8.24. The second kappa shape index (κ2) is 6.12. The van der Waals surface area contributed by atoms with E-state index >= 15 is 0 Å². The highest BCUT2D eigenvalue weighted by Gasteiger charge is 1.97. The first-order valence-corrected chi connectivity index (χ1v) is 7.25. The van der Waals surface area contributed by atoms with Crippen molar-refractivity contribution in [1.29, 1.82) is 0 Å². The van der Waals surface area contributed by atoms with Crippen LogP contribution in [0.2, 0.25) is 0 Å². The Bertz CT molecular complexity index is 482. The summed E-state index contributed by atoms with van der Waals surface area (Å²) < 4.78 is 1.13. The van der Waals surface area contributed by atoms with Crippen molar-refractivity contribution in [3.05, 3.63) is 58.6 Å². The van der Waals surface area contributed by atoms with Crippen molar-refractivity contribution in [2.75, 3.05) is 11.5 Å². The Kier molecular flexibility index (Phi) is 4.51. The quantitative estimate of drug-likeness (QED) is 0.670. The molecule has 88 valence electrons. The van der Waals surface area contributed by atoms with Crippen LogP contribution in [-0.2, 0) is 6.42 Å². The van der Waals surface area contributed by atoms with Crippen LogP contribution in [0.25, 0.3) is 0 Å². The van der Waals surface area contributed by atoms with Gasteiger partial charge in [0, 0.05) is 20.8 Å². The predicted octanol–water partition coefficient (Wildman–Crippen LogP) is 4.37. The fraction of sp³-hybridized carbons (Fsp3) is 0.143. The molecule has 3 heteroatoms. The zero-order chi connectivity index (χ0) is 12.1. The number of nitrogens with two attached hydrogens (primary N) is 1. The fourth-order valence-corrected chi connectivity index (χ4v) is 3.04. The molecule has 17 heavy (non-hydrogen) atoms. The summed E-state index contributed by atoms with van der Waals surface area (Å²) in [7, 11) is 0. The highest BCUT2D eigenvalue weighted by atomic mass is 79.9. The summed E-state index contributed by atoms with van der Waals surface area (Å²) in [5.41, 5.74) is 7.81. The van der Waals surface area contributed by atoms with Crippen LogP contribution < -0.4 is 5.73 Å². The first kappa shape index (κ1) is 12.5. The molecule has 0 aromatic heterocycles. The van der Waals surface area contributed by atoms with E-state index in [1.165, 1.54) is 10.5 Å². The Labute approximate surface area is 115 Å². The number of anilines is 1. The monoisotopic (exact) mass is 307 g/mol. The van der Waals surface area contributed by atoms with Crippen LogP contribution in [0.15, 0.2) is 57.9 Å². The molecular weight excluding hydrogens is 294 g/mol. The highest BCUT2D eigenvalue weighted by Crippen LogP contribution is 2.22. The largest absolute Gasteiger partial charge is 0.399 e. The minimum Gasteiger partial charge on any atom is -0.399 e. The molecule has 0 fully saturated rings. The molecule has 0 bridgehead atoms. The van der Waals surface area contributed by atoms with Crippen LogP contribution in [0.1, 0.15) is 5.56 Å². The van der Waals surface area contributed by atoms with Gasteiger partial charge in [0.2, 0.25) is 0 Å². The highest BCUT2D eigenvalue weighted by molar-refractivity contribution is 9.10. The molecule has 0 saturated heterocycles. The van der Waals surface area contributed by atoms with Gasteiger partial charge >= 0.3 is 0 Å². The molecule has 2 rings (SSSR count). The Morgan fingerprint density at radius 2 is 1.82 bits per heavy atom. The molecule has 2 aromatic rings. The third-order valence-corrected chi connectivity index (χ3v) is 3.92. The maximum atomic E-state index is 5.65. The van der Waals surface area contributed by atoms with E-state index in [4.69, 9.17) is 5.73 Å². The SMILES string of the molecule is Nc1ccc(CCSc2cccc(Br)c2)cc1. The van der Waals surface area contributed by atoms with E-state index in [1.54, 1.807) is 0 Å². The van der Waals surface area contributed by atoms with Crippen LogP contribution in [0.4, 0.5) is 5.69 Å². The van der Waals surface area contributed by atoms with E-state index in [0.29, 0.717) is 0 Å². The Hall–Kier alpha value is -0.930. The van der Waals surface area contributed by atoms with Gasteiger partial charge in [-0.2, -0.15) is 0 Å². The lowest BCUT2D eigenvalue weighted by Crippen LogP contribution is -1.90. The number of aryl methyl sites for hydroxylation is 1. The molecule has 0 heterocycles. The molecule has 0 aliphatic carbocycles. The summed E-state index contributed by atoms with van der Waals surface area (Å²) in [6.45, 7) is 0. The van der Waals surface area contributed by atoms with Gasteiger partial charge in [0.05, 0.1) is 0 Å². The van der Waals surface area contributed by atoms with Crippen molar-refractivity contribution in [3.8, 4) is 0 Å². The van der Waals surface area contributed by atoms with Gasteiger partial charge in [-0.1, -0.05) is 34.1 Å². The Morgan fingerprint density at radius 1 is 1.06 bits per heavy atom. The van der Waals surface area contributed by atoms with E-state index < -0.39 is 0 Å². The third-order valence-electron chi connectivity index (χ3n) is 2.44. The molecule has 0 unspecified atom stereocenters. The van der Waals surface area contributed by atoms with Gasteiger partial charge in [-0.3, -0.25) is 0 Å². The maximum Gasteiger partial charge on any atom is 0.0314 e. The van der Waals surface area contributed by atoms with Crippen molar-refractivity contribution in [2.45, 2.75) is 11.3 Å². The normalized spacial score (nSPS) is 10.4. The number of benzene rings is 2. The van der Waals surface area contributed by atoms with Gasteiger partial charge in [-0.05, 0) is 42.3 Å². The molecule has 1 nitrogen and oxygen atoms in total. The number of hydrogen-bond acceptors (Lipinski definition) is 2. The predicted molar refractivity (Wildman–Crippen MR) is 79.4 cm³/mol. The third kappa shape index (κ3) is 4.10. The lowest BCUT2D eigenvalue weighted by molar-refractivity contribution is 1.15. The lowest BCUT2D eigenvalue weighted by Gasteiger charge is -2.03. The second-order valence-corrected chi connectivity index (χ2v) is 5.88. The van der Waals surface area contributed by atoms with Gasteiger partial charge < -0.3 is 5.73 Å². The van der Waals surface area contributed by atoms with Crippen LogP contribution in [0.3, 0.4) is 0 Å². The molecule has 0 atom stereocenters. The number of rotatable bonds is 4. The van der Waals surface area contributed by atoms with E-state index in [1.807, 2.05) is 30.0 Å². The second-order valence-electron chi connectivity index (χ2n) is 3.80. The molecule has 0 aliphatic heterocycles. The van der Waals surface area contributed by atoms with Gasteiger partial charge in [0.25, 0.3) is 0 Å². The molecule has 0 saturated carbocycles. The number of halogens is 1. The van der Waals surface area contributed by atoms with Crippen molar-refractivity contribution in [3.63, 3.8) is 0 Å². The number of nitrogen functional groups attached to an aromatic ring is 1. The summed E-state index contributed by atoms with van der Waals surface area (Å²) in [6, 6.07) is 16.5. The van der Waals surface area contributed by atoms with Crippen molar-refractivity contribution >= 4 is 33.4 Å². The summed E-state index contributed by atoms with van der Waals surface area (Å²) in [4.78, 5) is 1.30. The maximum absolute atomic E-state index is 5.65. The lowest BCUT2D eigenvalue weighted by atomic mass is 10.2. The van der Waals surface area contributed by atoms with Crippen molar-refractivity contribution < 1.29 is 0 Å². The Morgan fingerprint density at radius 3 is 2.53 bits per heavy atom. The van der Waals surface area contributed by atoms with E-state index in [2.05, 4.69) is 46.3 Å². The topological polar surface area (TPSA) is 26.0 Å². The summed E-state index contributed by atoms with van der Waals surface area (Å²) in [5, 5.41) is 0. The summed E-state index contributed by atoms with van der Waals surface area (Å²) in [6.07, 6.45) is 1.07. The first-order valence-electron chi connectivity index (χ1n) is 5.47. The van der Waals surface area contributed by atoms with Gasteiger partial charge in [-0.25, -0.2) is 0 Å². The van der Waals surface area contributed by atoms with E-state index in [0.717, 1.165) is 22.3 Å². The average Bonchev–Trinajstić information content (AvgIpc) is 2.32. The zero-order valence-corrected chi connectivity index (χ0v) is 11.8. The van der Waals surface area contributed by atoms with Crippen molar-refractivity contribution in [1.82, 2.24) is 0 Å². The smallest absolute Gasteiger partial charge is 0.0314 e. The molecule has 0 amide bonds. The minimum atomic E-state index is 0.827. The summed E-state index contributed by atoms with van der Waals surface area (Å²) >= 11 is 5.35. The molecule has 0 radical (unpaired) electrons. The fourth-order valence-electron chi connectivity index (χ4n) is 1.53. The average molecular weight is 308 g/mol. The minimum absolute atomic E-state index is 0.827. The number of thioether (sulfide) groups is 1. The van der Waals surface area contributed by atoms with Crippen LogP contribution in [0.5, 0.6) is 0 Å². The zero-order valence-electron chi connectivity index (χ0n) is 9.40. The molecule has 0 spiro atoms. The number of hydrogen-bond donors (Lipinski definition) is 1. The summed E-state index contributed by atoms with van der Waals surface area (Å²) in [5.74, 6) is 1.08. The van der Waals surface area contributed by atoms with Gasteiger partial charge in [0.1, 0.15) is 0 Å². The van der Waals surface area contributed by atoms with Crippen LogP contribution in [-0.4, -0.2) is 5.75 Å². The van der Waals surface area contributed by atoms with Gasteiger partial charge in [-0.15, -0.1) is 11.8 Å².